The van der Waals surface area contributed by atoms with Crippen molar-refractivity contribution in [3.05, 3.63) is 40.6 Å². The number of hydrogen-bond donors (Lipinski definition) is 1. The quantitative estimate of drug-likeness (QED) is 0.672. The monoisotopic (exact) mass is 264 g/mol. The van der Waals surface area contributed by atoms with E-state index in [0.29, 0.717) is 11.5 Å². The van der Waals surface area contributed by atoms with Crippen molar-refractivity contribution in [2.75, 3.05) is 6.61 Å². The highest BCUT2D eigenvalue weighted by molar-refractivity contribution is 7.80. The van der Waals surface area contributed by atoms with Crippen LogP contribution in [-0.2, 0) is 4.74 Å². The minimum absolute atomic E-state index is 0.257. The van der Waals surface area contributed by atoms with Crippen molar-refractivity contribution < 1.29 is 9.53 Å². The molecule has 1 heterocycles. The standard InChI is InChI=1S/C13H12O2S2/c1-2-15-13(14)12-11(7-8-17-12)9-3-5-10(16)6-4-9/h3-8,16H,2H2,1H3. The summed E-state index contributed by atoms with van der Waals surface area (Å²) in [5.41, 5.74) is 1.92. The fraction of sp³-hybridized carbons (Fsp3) is 0.154. The van der Waals surface area contributed by atoms with Crippen molar-refractivity contribution >= 4 is 29.9 Å². The molecule has 0 bridgehead atoms. The Morgan fingerprint density at radius 3 is 2.65 bits per heavy atom. The first kappa shape index (κ1) is 12.2. The molecule has 0 amide bonds. The van der Waals surface area contributed by atoms with Gasteiger partial charge < -0.3 is 4.74 Å². The van der Waals surface area contributed by atoms with Crippen LogP contribution < -0.4 is 0 Å². The Labute approximate surface area is 110 Å². The highest BCUT2D eigenvalue weighted by Gasteiger charge is 2.15. The van der Waals surface area contributed by atoms with Crippen LogP contribution in [0.25, 0.3) is 11.1 Å². The molecule has 1 aromatic carbocycles. The van der Waals surface area contributed by atoms with Crippen molar-refractivity contribution in [2.24, 2.45) is 0 Å². The molecule has 2 rings (SSSR count). The lowest BCUT2D eigenvalue weighted by Crippen LogP contribution is -2.03. The van der Waals surface area contributed by atoms with Gasteiger partial charge in [0.25, 0.3) is 0 Å². The second-order valence-electron chi connectivity index (χ2n) is 3.43. The van der Waals surface area contributed by atoms with Gasteiger partial charge in [0.05, 0.1) is 6.61 Å². The summed E-state index contributed by atoms with van der Waals surface area (Å²) in [5, 5.41) is 1.90. The number of thiol groups is 1. The maximum atomic E-state index is 11.7. The summed E-state index contributed by atoms with van der Waals surface area (Å²) in [4.78, 5) is 13.3. The average Bonchev–Trinajstić information content (AvgIpc) is 2.79. The zero-order chi connectivity index (χ0) is 12.3. The number of rotatable bonds is 3. The predicted octanol–water partition coefficient (Wildman–Crippen LogP) is 3.88. The van der Waals surface area contributed by atoms with Crippen LogP contribution >= 0.6 is 24.0 Å². The number of ether oxygens (including phenoxy) is 1. The van der Waals surface area contributed by atoms with Gasteiger partial charge in [0.1, 0.15) is 4.88 Å². The second-order valence-corrected chi connectivity index (χ2v) is 4.86. The predicted molar refractivity (Wildman–Crippen MR) is 73.0 cm³/mol. The third-order valence-electron chi connectivity index (χ3n) is 2.30. The van der Waals surface area contributed by atoms with Crippen LogP contribution in [0, 0.1) is 0 Å². The Balaban J connectivity index is 2.36. The van der Waals surface area contributed by atoms with Gasteiger partial charge in [0, 0.05) is 10.5 Å². The van der Waals surface area contributed by atoms with Crippen LogP contribution in [0.1, 0.15) is 16.6 Å². The third-order valence-corrected chi connectivity index (χ3v) is 3.50. The Morgan fingerprint density at radius 2 is 2.00 bits per heavy atom. The topological polar surface area (TPSA) is 26.3 Å². The Hall–Kier alpha value is -1.26. The molecule has 17 heavy (non-hydrogen) atoms. The smallest absolute Gasteiger partial charge is 0.348 e. The zero-order valence-electron chi connectivity index (χ0n) is 9.34. The fourth-order valence-corrected chi connectivity index (χ4v) is 2.49. The van der Waals surface area contributed by atoms with Crippen molar-refractivity contribution in [2.45, 2.75) is 11.8 Å². The lowest BCUT2D eigenvalue weighted by molar-refractivity contribution is 0.0533. The Morgan fingerprint density at radius 1 is 1.29 bits per heavy atom. The number of thiophene rings is 1. The average molecular weight is 264 g/mol. The highest BCUT2D eigenvalue weighted by atomic mass is 32.1. The van der Waals surface area contributed by atoms with E-state index in [1.54, 1.807) is 6.92 Å². The van der Waals surface area contributed by atoms with Crippen LogP contribution in [0.2, 0.25) is 0 Å². The van der Waals surface area contributed by atoms with Gasteiger partial charge in [0.15, 0.2) is 0 Å². The molecule has 2 aromatic rings. The van der Waals surface area contributed by atoms with E-state index in [2.05, 4.69) is 12.6 Å². The molecule has 4 heteroatoms. The van der Waals surface area contributed by atoms with E-state index in [1.807, 2.05) is 35.7 Å². The van der Waals surface area contributed by atoms with Crippen molar-refractivity contribution in [1.82, 2.24) is 0 Å². The van der Waals surface area contributed by atoms with Gasteiger partial charge >= 0.3 is 5.97 Å². The van der Waals surface area contributed by atoms with Crippen molar-refractivity contribution in [3.8, 4) is 11.1 Å². The minimum atomic E-state index is -0.257. The van der Waals surface area contributed by atoms with Crippen LogP contribution in [0.4, 0.5) is 0 Å². The maximum absolute atomic E-state index is 11.7. The molecule has 0 aliphatic carbocycles. The zero-order valence-corrected chi connectivity index (χ0v) is 11.1. The van der Waals surface area contributed by atoms with E-state index in [-0.39, 0.29) is 5.97 Å². The third kappa shape index (κ3) is 2.70. The summed E-state index contributed by atoms with van der Waals surface area (Å²) in [6.07, 6.45) is 0. The number of esters is 1. The molecule has 0 unspecified atom stereocenters. The van der Waals surface area contributed by atoms with Gasteiger partial charge in [-0.05, 0) is 36.1 Å². The highest BCUT2D eigenvalue weighted by Crippen LogP contribution is 2.29. The molecule has 0 fully saturated rings. The van der Waals surface area contributed by atoms with Crippen LogP contribution in [-0.4, -0.2) is 12.6 Å². The van der Waals surface area contributed by atoms with Gasteiger partial charge in [-0.3, -0.25) is 0 Å². The lowest BCUT2D eigenvalue weighted by atomic mass is 10.1. The van der Waals surface area contributed by atoms with Crippen molar-refractivity contribution in [1.29, 1.82) is 0 Å². The van der Waals surface area contributed by atoms with Gasteiger partial charge in [-0.15, -0.1) is 24.0 Å². The molecule has 88 valence electrons. The summed E-state index contributed by atoms with van der Waals surface area (Å²) in [5.74, 6) is -0.257. The molecular weight excluding hydrogens is 252 g/mol. The van der Waals surface area contributed by atoms with E-state index < -0.39 is 0 Å². The molecule has 0 saturated heterocycles. The van der Waals surface area contributed by atoms with E-state index in [1.165, 1.54) is 11.3 Å². The minimum Gasteiger partial charge on any atom is -0.462 e. The molecule has 0 radical (unpaired) electrons. The van der Waals surface area contributed by atoms with Gasteiger partial charge in [0.2, 0.25) is 0 Å². The Kier molecular flexibility index (Phi) is 3.86. The largest absolute Gasteiger partial charge is 0.462 e. The second kappa shape index (κ2) is 5.38. The number of carbonyl (C=O) groups excluding carboxylic acids is 1. The SMILES string of the molecule is CCOC(=O)c1sccc1-c1ccc(S)cc1. The van der Waals surface area contributed by atoms with Crippen LogP contribution in [0.5, 0.6) is 0 Å². The first-order valence-corrected chi connectivity index (χ1v) is 6.59. The van der Waals surface area contributed by atoms with Crippen LogP contribution in [0.15, 0.2) is 40.6 Å². The molecule has 0 spiro atoms. The van der Waals surface area contributed by atoms with E-state index in [9.17, 15) is 4.79 Å². The molecule has 0 aliphatic rings. The normalized spacial score (nSPS) is 10.2. The van der Waals surface area contributed by atoms with E-state index >= 15 is 0 Å². The summed E-state index contributed by atoms with van der Waals surface area (Å²) in [6.45, 7) is 2.20. The van der Waals surface area contributed by atoms with Gasteiger partial charge in [-0.2, -0.15) is 0 Å². The molecular formula is C13H12O2S2. The molecule has 0 aliphatic heterocycles. The van der Waals surface area contributed by atoms with E-state index in [0.717, 1.165) is 16.0 Å². The lowest BCUT2D eigenvalue weighted by Gasteiger charge is -2.04. The summed E-state index contributed by atoms with van der Waals surface area (Å²) in [6, 6.07) is 9.65. The fourth-order valence-electron chi connectivity index (χ4n) is 1.53. The summed E-state index contributed by atoms with van der Waals surface area (Å²) < 4.78 is 5.03. The molecule has 0 saturated carbocycles. The molecule has 2 nitrogen and oxygen atoms in total. The summed E-state index contributed by atoms with van der Waals surface area (Å²) >= 11 is 5.64. The van der Waals surface area contributed by atoms with Gasteiger partial charge in [-0.25, -0.2) is 4.79 Å². The number of carbonyl (C=O) groups is 1. The van der Waals surface area contributed by atoms with Gasteiger partial charge in [-0.1, -0.05) is 12.1 Å². The van der Waals surface area contributed by atoms with Crippen molar-refractivity contribution in [3.63, 3.8) is 0 Å². The molecule has 0 atom stereocenters. The first-order chi connectivity index (χ1) is 8.22. The maximum Gasteiger partial charge on any atom is 0.348 e. The van der Waals surface area contributed by atoms with Crippen LogP contribution in [0.3, 0.4) is 0 Å². The number of benzene rings is 1. The summed E-state index contributed by atoms with van der Waals surface area (Å²) in [7, 11) is 0. The number of hydrogen-bond acceptors (Lipinski definition) is 4. The first-order valence-electron chi connectivity index (χ1n) is 5.26. The van der Waals surface area contributed by atoms with E-state index in [4.69, 9.17) is 4.74 Å². The Bertz CT molecular complexity index is 514. The molecule has 1 aromatic heterocycles. The molecule has 0 N–H and O–H groups in total.